The lowest BCUT2D eigenvalue weighted by atomic mass is 9.31. The van der Waals surface area contributed by atoms with Crippen molar-refractivity contribution >= 4 is 103 Å². The van der Waals surface area contributed by atoms with Crippen LogP contribution in [-0.2, 0) is 12.8 Å². The fourth-order valence-corrected chi connectivity index (χ4v) is 13.5. The number of nitrogens with zero attached hydrogens (tertiary/aromatic N) is 4. The van der Waals surface area contributed by atoms with Crippen molar-refractivity contribution in [1.82, 2.24) is 0 Å². The van der Waals surface area contributed by atoms with Crippen LogP contribution in [0.5, 0.6) is 23.0 Å². The summed E-state index contributed by atoms with van der Waals surface area (Å²) in [6.07, 6.45) is 4.26. The van der Waals surface area contributed by atoms with Crippen LogP contribution in [0.2, 0.25) is 0 Å². The zero-order valence-electron chi connectivity index (χ0n) is 40.8. The van der Waals surface area contributed by atoms with Crippen LogP contribution in [-0.4, -0.2) is 26.5 Å². The minimum absolute atomic E-state index is 0.0825. The van der Waals surface area contributed by atoms with Crippen LogP contribution in [0.25, 0.3) is 11.1 Å². The Bertz CT molecular complexity index is 3850. The molecule has 10 aromatic rings. The Kier molecular flexibility index (Phi) is 9.20. The van der Waals surface area contributed by atoms with Crippen molar-refractivity contribution in [3.8, 4) is 34.1 Å². The highest BCUT2D eigenvalue weighted by atomic mass is 16.5. The number of ether oxygens (including phenoxy) is 2. The van der Waals surface area contributed by atoms with Gasteiger partial charge in [0.05, 0.1) is 11.4 Å². The van der Waals surface area contributed by atoms with Gasteiger partial charge >= 0.3 is 0 Å². The molecule has 0 saturated heterocycles. The first kappa shape index (κ1) is 41.7. The largest absolute Gasteiger partial charge is 0.458 e. The van der Waals surface area contributed by atoms with Crippen molar-refractivity contribution in [2.24, 2.45) is 0 Å². The highest BCUT2D eigenvalue weighted by Crippen LogP contribution is 2.53. The second-order valence-electron chi connectivity index (χ2n) is 20.5. The van der Waals surface area contributed by atoms with Gasteiger partial charge in [-0.2, -0.15) is 0 Å². The average molecular weight is 951 g/mol. The van der Waals surface area contributed by atoms with Crippen LogP contribution in [0.3, 0.4) is 0 Å². The molecular formula is C66H48B2N4O2. The third-order valence-electron chi connectivity index (χ3n) is 16.5. The van der Waals surface area contributed by atoms with Gasteiger partial charge in [-0.3, -0.25) is 0 Å². The SMILES string of the molecule is c1ccc(-c2ccc3c(c2)N(c2ccccc2)c2c4c5c(c6c2B3c2cc3c(cc2O6)Oc2cc(N(c6ccccc6)c6ccccc6)cc6c2B3c2ccccc2N6c2ccccc2)CCCN5CCC4)cc1. The van der Waals surface area contributed by atoms with Crippen LogP contribution in [0, 0.1) is 0 Å². The van der Waals surface area contributed by atoms with Gasteiger partial charge in [0.15, 0.2) is 0 Å². The number of hydrogen-bond acceptors (Lipinski definition) is 6. The predicted octanol–water partition coefficient (Wildman–Crippen LogP) is 12.3. The molecule has 0 aromatic heterocycles. The zero-order chi connectivity index (χ0) is 48.4. The van der Waals surface area contributed by atoms with Gasteiger partial charge < -0.3 is 29.1 Å². The third-order valence-corrected chi connectivity index (χ3v) is 16.5. The van der Waals surface area contributed by atoms with E-state index in [2.05, 4.69) is 238 Å². The van der Waals surface area contributed by atoms with E-state index in [4.69, 9.17) is 9.47 Å². The first-order chi connectivity index (χ1) is 36.7. The fraction of sp³-hybridized carbons (Fsp3) is 0.0909. The average Bonchev–Trinajstić information content (AvgIpc) is 3.47. The smallest absolute Gasteiger partial charge is 0.256 e. The summed E-state index contributed by atoms with van der Waals surface area (Å²) < 4.78 is 15.1. The molecule has 10 aromatic carbocycles. The fourth-order valence-electron chi connectivity index (χ4n) is 13.5. The molecule has 0 aliphatic carbocycles. The molecule has 6 aliphatic rings. The standard InChI is InChI=1S/C66H48B2N4O2/c1-6-20-43(21-7-1)44-34-35-53-57(38-44)72(48-28-14-5-15-29-48)65-50-30-18-36-69-37-19-31-51(64(50)69)66-63(65)68(53)55-41-54-59(42-60(55)74-66)73-61-40-49(70(45-22-8-2-9-23-45)46-24-10-3-11-25-46)39-58-62(61)67(54)52-32-16-17-33-56(52)71(58)47-26-12-4-13-27-47/h1-17,20-29,32-35,38-42H,18-19,30-31,36-37H2. The Morgan fingerprint density at radius 1 is 0.378 bits per heavy atom. The van der Waals surface area contributed by atoms with Crippen molar-refractivity contribution in [1.29, 1.82) is 0 Å². The molecule has 8 heteroatoms. The molecule has 0 N–H and O–H groups in total. The molecule has 0 unspecified atom stereocenters. The molecule has 74 heavy (non-hydrogen) atoms. The van der Waals surface area contributed by atoms with Gasteiger partial charge in [-0.1, -0.05) is 140 Å². The van der Waals surface area contributed by atoms with Crippen molar-refractivity contribution in [2.75, 3.05) is 32.7 Å². The monoisotopic (exact) mass is 950 g/mol. The van der Waals surface area contributed by atoms with Gasteiger partial charge in [-0.25, -0.2) is 0 Å². The van der Waals surface area contributed by atoms with Crippen molar-refractivity contribution in [3.63, 3.8) is 0 Å². The van der Waals surface area contributed by atoms with E-state index in [1.165, 1.54) is 61.2 Å². The van der Waals surface area contributed by atoms with Crippen LogP contribution < -0.4 is 61.9 Å². The second kappa shape index (κ2) is 16.3. The maximum atomic E-state index is 7.62. The van der Waals surface area contributed by atoms with Crippen LogP contribution in [0.1, 0.15) is 24.0 Å². The predicted molar refractivity (Wildman–Crippen MR) is 307 cm³/mol. The summed E-state index contributed by atoms with van der Waals surface area (Å²) >= 11 is 0. The topological polar surface area (TPSA) is 31.4 Å². The number of benzene rings is 10. The molecule has 0 spiro atoms. The highest BCUT2D eigenvalue weighted by Gasteiger charge is 2.49. The van der Waals surface area contributed by atoms with Gasteiger partial charge in [0.25, 0.3) is 13.4 Å². The molecule has 0 fully saturated rings. The van der Waals surface area contributed by atoms with Gasteiger partial charge in [0.1, 0.15) is 23.0 Å². The summed E-state index contributed by atoms with van der Waals surface area (Å²) in [7, 11) is 0. The van der Waals surface area contributed by atoms with Crippen molar-refractivity contribution in [2.45, 2.75) is 25.7 Å². The lowest BCUT2D eigenvalue weighted by Crippen LogP contribution is -2.63. The van der Waals surface area contributed by atoms with Crippen LogP contribution in [0.4, 0.5) is 56.9 Å². The van der Waals surface area contributed by atoms with E-state index >= 15 is 0 Å². The molecule has 6 heterocycles. The summed E-state index contributed by atoms with van der Waals surface area (Å²) in [5.74, 6) is 3.57. The Hall–Kier alpha value is -8.87. The normalized spacial score (nSPS) is 14.8. The van der Waals surface area contributed by atoms with Crippen LogP contribution in [0.15, 0.2) is 218 Å². The van der Waals surface area contributed by atoms with Gasteiger partial charge in [-0.05, 0) is 142 Å². The van der Waals surface area contributed by atoms with E-state index in [0.717, 1.165) is 113 Å². The summed E-state index contributed by atoms with van der Waals surface area (Å²) in [6, 6.07) is 79.6. The molecule has 6 aliphatic heterocycles. The molecule has 6 nitrogen and oxygen atoms in total. The minimum atomic E-state index is -0.121. The van der Waals surface area contributed by atoms with E-state index in [-0.39, 0.29) is 13.4 Å². The molecule has 0 amide bonds. The molecular weight excluding hydrogens is 902 g/mol. The molecule has 0 saturated carbocycles. The lowest BCUT2D eigenvalue weighted by molar-refractivity contribution is 0.460. The van der Waals surface area contributed by atoms with E-state index < -0.39 is 0 Å². The molecule has 350 valence electrons. The summed E-state index contributed by atoms with van der Waals surface area (Å²) in [5.41, 5.74) is 24.1. The summed E-state index contributed by atoms with van der Waals surface area (Å²) in [5, 5.41) is 0. The second-order valence-corrected chi connectivity index (χ2v) is 20.5. The Morgan fingerprint density at radius 3 is 1.66 bits per heavy atom. The summed E-state index contributed by atoms with van der Waals surface area (Å²) in [4.78, 5) is 10.0. The Morgan fingerprint density at radius 2 is 0.959 bits per heavy atom. The lowest BCUT2D eigenvalue weighted by Gasteiger charge is -2.47. The van der Waals surface area contributed by atoms with E-state index in [0.29, 0.717) is 0 Å². The van der Waals surface area contributed by atoms with E-state index in [1.807, 2.05) is 0 Å². The van der Waals surface area contributed by atoms with Gasteiger partial charge in [0.2, 0.25) is 0 Å². The molecule has 0 bridgehead atoms. The Labute approximate surface area is 432 Å². The maximum absolute atomic E-state index is 7.62. The van der Waals surface area contributed by atoms with E-state index in [1.54, 1.807) is 0 Å². The minimum Gasteiger partial charge on any atom is -0.458 e. The first-order valence-corrected chi connectivity index (χ1v) is 26.3. The number of rotatable bonds is 6. The molecule has 0 atom stereocenters. The summed E-state index contributed by atoms with van der Waals surface area (Å²) in [6.45, 7) is 1.93. The number of para-hydroxylation sites is 5. The zero-order valence-corrected chi connectivity index (χ0v) is 40.8. The highest BCUT2D eigenvalue weighted by molar-refractivity contribution is 7.02. The molecule has 16 rings (SSSR count). The van der Waals surface area contributed by atoms with Gasteiger partial charge in [0, 0.05) is 76.3 Å². The van der Waals surface area contributed by atoms with E-state index in [9.17, 15) is 0 Å². The quantitative estimate of drug-likeness (QED) is 0.154. The maximum Gasteiger partial charge on any atom is 0.256 e. The van der Waals surface area contributed by atoms with Crippen molar-refractivity contribution in [3.05, 3.63) is 230 Å². The molecule has 0 radical (unpaired) electrons. The number of anilines is 10. The van der Waals surface area contributed by atoms with Crippen LogP contribution >= 0.6 is 0 Å². The first-order valence-electron chi connectivity index (χ1n) is 26.3. The van der Waals surface area contributed by atoms with Crippen molar-refractivity contribution < 1.29 is 9.47 Å². The number of fused-ring (bicyclic) bond motifs is 10. The Balaban J connectivity index is 0.958. The van der Waals surface area contributed by atoms with Gasteiger partial charge in [-0.15, -0.1) is 0 Å². The third kappa shape index (κ3) is 6.15. The number of hydrogen-bond donors (Lipinski definition) is 0.